The third kappa shape index (κ3) is 8.00. The number of rotatable bonds is 8. The van der Waals surface area contributed by atoms with Crippen molar-refractivity contribution in [1.29, 1.82) is 0 Å². The number of halogens is 3. The van der Waals surface area contributed by atoms with Gasteiger partial charge in [0.1, 0.15) is 11.6 Å². The van der Waals surface area contributed by atoms with Gasteiger partial charge in [-0.25, -0.2) is 8.78 Å². The molecule has 1 fully saturated rings. The molecule has 8 heteroatoms. The van der Waals surface area contributed by atoms with Crippen LogP contribution in [0, 0.1) is 17.6 Å². The lowest BCUT2D eigenvalue weighted by atomic mass is 9.98. The maximum Gasteiger partial charge on any atom is 0.225 e. The van der Waals surface area contributed by atoms with E-state index in [9.17, 15) is 13.6 Å². The van der Waals surface area contributed by atoms with E-state index in [4.69, 9.17) is 0 Å². The van der Waals surface area contributed by atoms with Crippen LogP contribution < -0.4 is 10.6 Å². The van der Waals surface area contributed by atoms with Gasteiger partial charge in [-0.1, -0.05) is 13.8 Å². The number of piperidine rings is 1. The second-order valence-corrected chi connectivity index (χ2v) is 7.50. The first kappa shape index (κ1) is 26.6. The number of nitrogens with one attached hydrogen (secondary N) is 2. The zero-order valence-corrected chi connectivity index (χ0v) is 20.5. The van der Waals surface area contributed by atoms with Crippen LogP contribution in [-0.4, -0.2) is 49.0 Å². The lowest BCUT2D eigenvalue weighted by Gasteiger charge is -2.34. The second kappa shape index (κ2) is 13.8. The molecule has 1 aromatic rings. The predicted octanol–water partition coefficient (Wildman–Crippen LogP) is 4.11. The zero-order chi connectivity index (χ0) is 21.2. The molecule has 0 aliphatic carbocycles. The molecule has 0 bridgehead atoms. The first-order valence-corrected chi connectivity index (χ1v) is 10.8. The third-order valence-electron chi connectivity index (χ3n) is 5.49. The van der Waals surface area contributed by atoms with Gasteiger partial charge < -0.3 is 15.5 Å². The minimum absolute atomic E-state index is 0. The largest absolute Gasteiger partial charge is 0.357 e. The van der Waals surface area contributed by atoms with Gasteiger partial charge in [-0.2, -0.15) is 0 Å². The van der Waals surface area contributed by atoms with Crippen molar-refractivity contribution in [2.24, 2.45) is 10.9 Å². The molecule has 2 rings (SSSR count). The highest BCUT2D eigenvalue weighted by molar-refractivity contribution is 14.0. The van der Waals surface area contributed by atoms with E-state index in [1.807, 2.05) is 11.8 Å². The minimum Gasteiger partial charge on any atom is -0.357 e. The monoisotopic (exact) mass is 536 g/mol. The lowest BCUT2D eigenvalue weighted by molar-refractivity contribution is -0.136. The molecule has 2 N–H and O–H groups in total. The predicted molar refractivity (Wildman–Crippen MR) is 128 cm³/mol. The van der Waals surface area contributed by atoms with Crippen LogP contribution in [0.2, 0.25) is 0 Å². The molecule has 0 radical (unpaired) electrons. The SMILES string of the molecule is CCNC(=NCCc1cc(F)ccc1F)NC1CCN(C(=O)C(CC)CC)CC1.I. The topological polar surface area (TPSA) is 56.7 Å². The van der Waals surface area contributed by atoms with E-state index in [2.05, 4.69) is 29.5 Å². The van der Waals surface area contributed by atoms with Gasteiger partial charge in [-0.05, 0) is 62.8 Å². The Morgan fingerprint density at radius 1 is 1.20 bits per heavy atom. The molecule has 0 aromatic heterocycles. The number of guanidine groups is 1. The van der Waals surface area contributed by atoms with Crippen molar-refractivity contribution in [3.05, 3.63) is 35.4 Å². The van der Waals surface area contributed by atoms with E-state index in [1.165, 1.54) is 6.07 Å². The Morgan fingerprint density at radius 2 is 1.87 bits per heavy atom. The van der Waals surface area contributed by atoms with Crippen molar-refractivity contribution in [3.8, 4) is 0 Å². The van der Waals surface area contributed by atoms with Gasteiger partial charge >= 0.3 is 0 Å². The van der Waals surface area contributed by atoms with E-state index in [-0.39, 0.29) is 41.8 Å². The molecule has 1 amide bonds. The maximum absolute atomic E-state index is 13.7. The fraction of sp³-hybridized carbons (Fsp3) is 0.636. The van der Waals surface area contributed by atoms with Gasteiger partial charge in [0.2, 0.25) is 5.91 Å². The summed E-state index contributed by atoms with van der Waals surface area (Å²) in [6.45, 7) is 8.69. The normalized spacial score (nSPS) is 15.1. The first-order valence-electron chi connectivity index (χ1n) is 10.8. The summed E-state index contributed by atoms with van der Waals surface area (Å²) in [5.41, 5.74) is 0.331. The average molecular weight is 536 g/mol. The molecular formula is C22H35F2IN4O. The Morgan fingerprint density at radius 3 is 2.47 bits per heavy atom. The number of carbonyl (C=O) groups excluding carboxylic acids is 1. The van der Waals surface area contributed by atoms with E-state index in [1.54, 1.807) is 0 Å². The molecule has 1 aliphatic rings. The van der Waals surface area contributed by atoms with Gasteiger partial charge in [0.05, 0.1) is 0 Å². The second-order valence-electron chi connectivity index (χ2n) is 7.50. The number of aliphatic imine (C=N–C) groups is 1. The molecular weight excluding hydrogens is 501 g/mol. The van der Waals surface area contributed by atoms with Crippen LogP contribution in [0.1, 0.15) is 52.0 Å². The summed E-state index contributed by atoms with van der Waals surface area (Å²) in [6.07, 6.45) is 3.85. The molecule has 5 nitrogen and oxygen atoms in total. The minimum atomic E-state index is -0.440. The summed E-state index contributed by atoms with van der Waals surface area (Å²) in [5, 5.41) is 6.62. The Kier molecular flexibility index (Phi) is 12.2. The van der Waals surface area contributed by atoms with Crippen LogP contribution in [-0.2, 0) is 11.2 Å². The molecule has 1 saturated heterocycles. The summed E-state index contributed by atoms with van der Waals surface area (Å²) in [4.78, 5) is 19.0. The van der Waals surface area contributed by atoms with Crippen molar-refractivity contribution < 1.29 is 13.6 Å². The van der Waals surface area contributed by atoms with Crippen molar-refractivity contribution in [2.45, 2.75) is 58.9 Å². The van der Waals surface area contributed by atoms with Gasteiger partial charge in [0.15, 0.2) is 5.96 Å². The number of nitrogens with zero attached hydrogens (tertiary/aromatic N) is 2. The van der Waals surface area contributed by atoms with Crippen molar-refractivity contribution in [2.75, 3.05) is 26.2 Å². The zero-order valence-electron chi connectivity index (χ0n) is 18.2. The van der Waals surface area contributed by atoms with E-state index < -0.39 is 11.6 Å². The molecule has 30 heavy (non-hydrogen) atoms. The van der Waals surface area contributed by atoms with Crippen molar-refractivity contribution in [1.82, 2.24) is 15.5 Å². The smallest absolute Gasteiger partial charge is 0.225 e. The van der Waals surface area contributed by atoms with E-state index in [0.29, 0.717) is 31.0 Å². The Balaban J connectivity index is 0.00000450. The highest BCUT2D eigenvalue weighted by atomic mass is 127. The lowest BCUT2D eigenvalue weighted by Crippen LogP contribution is -2.50. The fourth-order valence-corrected chi connectivity index (χ4v) is 3.68. The number of carbonyl (C=O) groups is 1. The van der Waals surface area contributed by atoms with Gasteiger partial charge in [0, 0.05) is 38.1 Å². The number of benzene rings is 1. The number of hydrogen-bond acceptors (Lipinski definition) is 2. The van der Waals surface area contributed by atoms with Gasteiger partial charge in [0.25, 0.3) is 0 Å². The van der Waals surface area contributed by atoms with Crippen LogP contribution in [0.25, 0.3) is 0 Å². The van der Waals surface area contributed by atoms with Crippen LogP contribution in [0.4, 0.5) is 8.78 Å². The molecule has 170 valence electrons. The molecule has 1 heterocycles. The van der Waals surface area contributed by atoms with Crippen LogP contribution in [0.5, 0.6) is 0 Å². The third-order valence-corrected chi connectivity index (χ3v) is 5.49. The van der Waals surface area contributed by atoms with Crippen molar-refractivity contribution >= 4 is 35.8 Å². The quantitative estimate of drug-likeness (QED) is 0.299. The number of hydrogen-bond donors (Lipinski definition) is 2. The molecule has 0 saturated carbocycles. The number of amides is 1. The van der Waals surface area contributed by atoms with E-state index >= 15 is 0 Å². The summed E-state index contributed by atoms with van der Waals surface area (Å²) in [7, 11) is 0. The molecule has 0 spiro atoms. The summed E-state index contributed by atoms with van der Waals surface area (Å²) in [5.74, 6) is 0.223. The number of likely N-dealkylation sites (tertiary alicyclic amines) is 1. The fourth-order valence-electron chi connectivity index (χ4n) is 3.68. The molecule has 0 unspecified atom stereocenters. The first-order chi connectivity index (χ1) is 14.0. The maximum atomic E-state index is 13.7. The van der Waals surface area contributed by atoms with Crippen LogP contribution in [0.15, 0.2) is 23.2 Å². The average Bonchev–Trinajstić information content (AvgIpc) is 2.72. The summed E-state index contributed by atoms with van der Waals surface area (Å²) in [6, 6.07) is 3.73. The van der Waals surface area contributed by atoms with Crippen LogP contribution in [0.3, 0.4) is 0 Å². The summed E-state index contributed by atoms with van der Waals surface area (Å²) >= 11 is 0. The van der Waals surface area contributed by atoms with Gasteiger partial charge in [-0.3, -0.25) is 9.79 Å². The van der Waals surface area contributed by atoms with Gasteiger partial charge in [-0.15, -0.1) is 24.0 Å². The Hall–Kier alpha value is -1.45. The van der Waals surface area contributed by atoms with Crippen molar-refractivity contribution in [3.63, 3.8) is 0 Å². The molecule has 0 atom stereocenters. The molecule has 1 aromatic carbocycles. The Labute approximate surface area is 196 Å². The molecule has 1 aliphatic heterocycles. The Bertz CT molecular complexity index is 690. The highest BCUT2D eigenvalue weighted by Crippen LogP contribution is 2.17. The van der Waals surface area contributed by atoms with E-state index in [0.717, 1.165) is 50.9 Å². The highest BCUT2D eigenvalue weighted by Gasteiger charge is 2.26. The standard InChI is InChI=1S/C22H34F2N4O.HI/c1-4-16(5-2)21(29)28-13-10-19(11-14-28)27-22(25-6-3)26-12-9-17-15-18(23)7-8-20(17)24;/h7-8,15-16,19H,4-6,9-14H2,1-3H3,(H2,25,26,27);1H. The summed E-state index contributed by atoms with van der Waals surface area (Å²) < 4.78 is 27.0. The van der Waals surface area contributed by atoms with Crippen LogP contribution >= 0.6 is 24.0 Å².